The number of nitrogens with zero attached hydrogens (tertiary/aromatic N) is 1. The number of esters is 3. The molecule has 2 N–H and O–H groups in total. The fourth-order valence-electron chi connectivity index (χ4n) is 4.40. The van der Waals surface area contributed by atoms with Crippen molar-refractivity contribution in [1.82, 2.24) is 10.3 Å². The molecule has 1 aliphatic rings. The van der Waals surface area contributed by atoms with Crippen LogP contribution < -0.4 is 15.4 Å². The van der Waals surface area contributed by atoms with Crippen LogP contribution in [-0.2, 0) is 46.9 Å². The Labute approximate surface area is 262 Å². The number of ether oxygens (including phenoxy) is 5. The highest BCUT2D eigenvalue weighted by Crippen LogP contribution is 2.49. The molecule has 0 radical (unpaired) electrons. The van der Waals surface area contributed by atoms with Gasteiger partial charge in [-0.05, 0) is 45.2 Å². The predicted octanol–water partition coefficient (Wildman–Crippen LogP) is 3.56. The van der Waals surface area contributed by atoms with Gasteiger partial charge in [-0.25, -0.2) is 9.78 Å². The fraction of sp³-hybridized carbons (Fsp3) is 0.621. The van der Waals surface area contributed by atoms with E-state index in [1.807, 2.05) is 0 Å². The monoisotopic (exact) mass is 655 g/mol. The van der Waals surface area contributed by atoms with Crippen LogP contribution in [0.4, 0.5) is 10.6 Å². The van der Waals surface area contributed by atoms with E-state index in [1.54, 1.807) is 13.8 Å². The second-order valence-electron chi connectivity index (χ2n) is 9.76. The lowest BCUT2D eigenvalue weighted by molar-refractivity contribution is -0.283. The van der Waals surface area contributed by atoms with E-state index in [9.17, 15) is 23.7 Å². The number of amides is 2. The van der Waals surface area contributed by atoms with Crippen molar-refractivity contribution in [3.05, 3.63) is 18.3 Å². The zero-order valence-electron chi connectivity index (χ0n) is 26.1. The van der Waals surface area contributed by atoms with E-state index in [0.717, 1.165) is 33.6 Å². The Balaban J connectivity index is 2.31. The van der Waals surface area contributed by atoms with Gasteiger partial charge in [0.15, 0.2) is 12.2 Å². The van der Waals surface area contributed by atoms with Crippen LogP contribution in [-0.4, -0.2) is 85.5 Å². The van der Waals surface area contributed by atoms with Gasteiger partial charge in [-0.3, -0.25) is 24.3 Å². The average molecular weight is 656 g/mol. The van der Waals surface area contributed by atoms with Crippen molar-refractivity contribution in [2.45, 2.75) is 91.0 Å². The minimum atomic E-state index is -3.56. The van der Waals surface area contributed by atoms with Crippen LogP contribution in [0.3, 0.4) is 0 Å². The zero-order chi connectivity index (χ0) is 33.4. The fourth-order valence-corrected chi connectivity index (χ4v) is 6.09. The lowest BCUT2D eigenvalue weighted by atomic mass is 9.96. The summed E-state index contributed by atoms with van der Waals surface area (Å²) in [6.07, 6.45) is 1.98. The summed E-state index contributed by atoms with van der Waals surface area (Å²) < 4.78 is 52.5. The molecular weight excluding hydrogens is 613 g/mol. The first-order chi connectivity index (χ1) is 21.4. The predicted molar refractivity (Wildman–Crippen MR) is 160 cm³/mol. The molecule has 45 heavy (non-hydrogen) atoms. The molecule has 2 rings (SSSR count). The molecule has 1 aliphatic heterocycles. The Bertz CT molecular complexity index is 1210. The number of carbonyl (C=O) groups excluding carboxylic acids is 4. The van der Waals surface area contributed by atoms with Gasteiger partial charge < -0.3 is 38.0 Å². The molecule has 16 heteroatoms. The molecule has 0 aliphatic carbocycles. The van der Waals surface area contributed by atoms with Crippen LogP contribution in [0.25, 0.3) is 0 Å². The van der Waals surface area contributed by atoms with Crippen LogP contribution in [0, 0.1) is 12.3 Å². The minimum Gasteiger partial charge on any atom is -0.459 e. The Hall–Kier alpha value is -3.70. The maximum atomic E-state index is 13.2. The molecule has 0 spiro atoms. The van der Waals surface area contributed by atoms with Crippen LogP contribution in [0.2, 0.25) is 0 Å². The summed E-state index contributed by atoms with van der Waals surface area (Å²) in [7, 11) is -3.56. The number of hydrogen-bond acceptors (Lipinski definition) is 13. The highest BCUT2D eigenvalue weighted by Gasteiger charge is 2.53. The van der Waals surface area contributed by atoms with E-state index in [1.165, 1.54) is 18.3 Å². The molecule has 15 nitrogen and oxygen atoms in total. The number of urea groups is 1. The Morgan fingerprint density at radius 1 is 0.956 bits per heavy atom. The van der Waals surface area contributed by atoms with Gasteiger partial charge >= 0.3 is 31.5 Å². The number of unbranched alkanes of at least 4 members (excludes halogenated alkanes) is 2. The summed E-state index contributed by atoms with van der Waals surface area (Å²) in [5.41, 5.74) is 0. The normalized spacial score (nSPS) is 21.1. The molecule has 2 amide bonds. The first-order valence-electron chi connectivity index (χ1n) is 14.6. The number of aromatic nitrogens is 1. The van der Waals surface area contributed by atoms with Crippen LogP contribution in [0.1, 0.15) is 60.3 Å². The third-order valence-electron chi connectivity index (χ3n) is 6.10. The Morgan fingerprint density at radius 2 is 1.58 bits per heavy atom. The molecule has 1 aromatic heterocycles. The van der Waals surface area contributed by atoms with Gasteiger partial charge in [-0.2, -0.15) is 0 Å². The summed E-state index contributed by atoms with van der Waals surface area (Å²) >= 11 is 0. The summed E-state index contributed by atoms with van der Waals surface area (Å²) in [5, 5.41) is 5.30. The topological polar surface area (TPSA) is 187 Å². The maximum absolute atomic E-state index is 13.2. The van der Waals surface area contributed by atoms with Gasteiger partial charge in [-0.1, -0.05) is 0 Å². The van der Waals surface area contributed by atoms with E-state index >= 15 is 0 Å². The largest absolute Gasteiger partial charge is 0.459 e. The van der Waals surface area contributed by atoms with E-state index in [-0.39, 0.29) is 37.4 Å². The highest BCUT2D eigenvalue weighted by molar-refractivity contribution is 7.53. The molecule has 0 bridgehead atoms. The summed E-state index contributed by atoms with van der Waals surface area (Å²) in [4.78, 5) is 52.7. The van der Waals surface area contributed by atoms with Crippen LogP contribution in [0.5, 0.6) is 5.75 Å². The van der Waals surface area contributed by atoms with Crippen LogP contribution >= 0.6 is 7.60 Å². The van der Waals surface area contributed by atoms with Crippen molar-refractivity contribution in [1.29, 1.82) is 0 Å². The van der Waals surface area contributed by atoms with Gasteiger partial charge in [0.05, 0.1) is 25.6 Å². The zero-order valence-corrected chi connectivity index (χ0v) is 27.0. The quantitative estimate of drug-likeness (QED) is 0.0816. The summed E-state index contributed by atoms with van der Waals surface area (Å²) in [5.74, 6) is 0.658. The van der Waals surface area contributed by atoms with Gasteiger partial charge in [0.25, 0.3) is 0 Å². The number of hydrogen-bond donors (Lipinski definition) is 2. The van der Waals surface area contributed by atoms with E-state index in [0.29, 0.717) is 13.0 Å². The number of pyridine rings is 1. The third-order valence-corrected chi connectivity index (χ3v) is 8.21. The number of rotatable bonds is 17. The van der Waals surface area contributed by atoms with E-state index < -0.39 is 62.2 Å². The molecule has 2 heterocycles. The van der Waals surface area contributed by atoms with Crippen molar-refractivity contribution >= 4 is 37.4 Å². The van der Waals surface area contributed by atoms with Gasteiger partial charge in [0.2, 0.25) is 12.4 Å². The average Bonchev–Trinajstić information content (AvgIpc) is 2.95. The minimum absolute atomic E-state index is 0.0431. The molecule has 250 valence electrons. The Morgan fingerprint density at radius 3 is 2.13 bits per heavy atom. The van der Waals surface area contributed by atoms with Crippen molar-refractivity contribution in [3.8, 4) is 18.1 Å². The highest BCUT2D eigenvalue weighted by atomic mass is 31.2. The lowest BCUT2D eigenvalue weighted by Gasteiger charge is -2.44. The van der Waals surface area contributed by atoms with Crippen LogP contribution in [0.15, 0.2) is 18.3 Å². The van der Waals surface area contributed by atoms with Crippen molar-refractivity contribution in [2.24, 2.45) is 0 Å². The van der Waals surface area contributed by atoms with E-state index in [2.05, 4.69) is 21.5 Å². The van der Waals surface area contributed by atoms with Crippen molar-refractivity contribution in [3.63, 3.8) is 0 Å². The molecule has 0 aromatic carbocycles. The molecule has 1 fully saturated rings. The molecule has 0 unspecified atom stereocenters. The second kappa shape index (κ2) is 19.0. The van der Waals surface area contributed by atoms with Crippen molar-refractivity contribution in [2.75, 3.05) is 31.2 Å². The number of terminal acetylenes is 1. The van der Waals surface area contributed by atoms with Gasteiger partial charge in [-0.15, -0.1) is 12.3 Å². The number of nitrogens with one attached hydrogen (secondary N) is 2. The van der Waals surface area contributed by atoms with Crippen molar-refractivity contribution < 1.29 is 56.5 Å². The second-order valence-corrected chi connectivity index (χ2v) is 11.9. The molecular formula is C29H42N3O12P. The third kappa shape index (κ3) is 13.1. The summed E-state index contributed by atoms with van der Waals surface area (Å²) in [6, 6.07) is 2.50. The molecule has 0 saturated carbocycles. The lowest BCUT2D eigenvalue weighted by Crippen LogP contribution is -2.62. The van der Waals surface area contributed by atoms with Gasteiger partial charge in [0.1, 0.15) is 17.7 Å². The number of carbonyl (C=O) groups is 4. The number of anilines is 1. The SMILES string of the molecule is C#CCCCCNC(=O)Nc1ccc(O[C@H]2O[C@H](CCP(=O)(OCC)OCC)[C@@H](OC(C)=O)[C@H](OC(C)=O)[C@@H]2OC(C)=O)cn1. The first kappa shape index (κ1) is 37.5. The molecule has 1 saturated heterocycles. The molecule has 1 aromatic rings. The standard InChI is InChI=1S/C29H42N3O12P/c1-7-10-11-12-16-30-29(36)32-24-14-13-22(18-31-24)43-28-27(42-21(6)35)26(41-20(5)34)25(40-19(4)33)23(44-28)15-17-45(37,38-8-2)39-9-3/h1,13-14,18,23,25-28H,8-12,15-17H2,2-6H3,(H2,30,31,32,36)/t23-,25-,26+,27+,28+/m1/s1. The summed E-state index contributed by atoms with van der Waals surface area (Å²) in [6.45, 7) is 7.44. The molecule has 5 atom stereocenters. The maximum Gasteiger partial charge on any atom is 0.330 e. The van der Waals surface area contributed by atoms with E-state index in [4.69, 9.17) is 39.2 Å². The van der Waals surface area contributed by atoms with Gasteiger partial charge in [0, 0.05) is 33.7 Å². The first-order valence-corrected chi connectivity index (χ1v) is 16.3. The smallest absolute Gasteiger partial charge is 0.330 e. The Kier molecular flexibility index (Phi) is 15.8.